The molecule has 132 valence electrons. The number of benzene rings is 1. The van der Waals surface area contributed by atoms with Crippen molar-refractivity contribution in [1.29, 1.82) is 0 Å². The van der Waals surface area contributed by atoms with Crippen molar-refractivity contribution in [2.75, 3.05) is 13.2 Å². The summed E-state index contributed by atoms with van der Waals surface area (Å²) in [6.07, 6.45) is -0.280. The molecule has 1 aliphatic heterocycles. The van der Waals surface area contributed by atoms with Gasteiger partial charge in [0, 0.05) is 13.2 Å². The van der Waals surface area contributed by atoms with Gasteiger partial charge in [0.05, 0.1) is 17.0 Å². The van der Waals surface area contributed by atoms with E-state index >= 15 is 0 Å². The highest BCUT2D eigenvalue weighted by Gasteiger charge is 2.37. The van der Waals surface area contributed by atoms with Crippen molar-refractivity contribution < 1.29 is 28.6 Å². The second-order valence-corrected chi connectivity index (χ2v) is 6.19. The first-order chi connectivity index (χ1) is 11.3. The molecule has 24 heavy (non-hydrogen) atoms. The Hall–Kier alpha value is -1.86. The lowest BCUT2D eigenvalue weighted by molar-refractivity contribution is -0.141. The average molecular weight is 360 g/mol. The largest absolute Gasteiger partial charge is 0.481 e. The number of carboxylic acids is 1. The Morgan fingerprint density at radius 2 is 2.12 bits per heavy atom. The molecule has 0 aliphatic carbocycles. The summed E-state index contributed by atoms with van der Waals surface area (Å²) < 4.78 is 23.7. The Morgan fingerprint density at radius 3 is 2.71 bits per heavy atom. The molecule has 2 N–H and O–H groups in total. The van der Waals surface area contributed by atoms with E-state index in [1.165, 1.54) is 19.1 Å². The molecule has 0 bridgehead atoms. The summed E-state index contributed by atoms with van der Waals surface area (Å²) in [5.41, 5.74) is -0.856. The van der Waals surface area contributed by atoms with Crippen LogP contribution >= 0.6 is 11.6 Å². The summed E-state index contributed by atoms with van der Waals surface area (Å²) in [4.78, 5) is 23.5. The molecule has 0 saturated carbocycles. The van der Waals surface area contributed by atoms with Crippen LogP contribution in [0.5, 0.6) is 5.75 Å². The molecule has 1 atom stereocenters. The lowest BCUT2D eigenvalue weighted by Gasteiger charge is -2.37. The molecule has 1 aliphatic rings. The molecule has 8 heteroatoms. The molecule has 1 aromatic rings. The second kappa shape index (κ2) is 7.81. The highest BCUT2D eigenvalue weighted by atomic mass is 35.5. The summed E-state index contributed by atoms with van der Waals surface area (Å²) >= 11 is 5.88. The molecule has 1 amide bonds. The first-order valence-electron chi connectivity index (χ1n) is 7.55. The second-order valence-electron chi connectivity index (χ2n) is 5.79. The van der Waals surface area contributed by atoms with Gasteiger partial charge < -0.3 is 19.9 Å². The van der Waals surface area contributed by atoms with Crippen molar-refractivity contribution in [3.8, 4) is 5.75 Å². The van der Waals surface area contributed by atoms with E-state index in [1.807, 2.05) is 0 Å². The predicted molar refractivity (Wildman–Crippen MR) is 84.7 cm³/mol. The van der Waals surface area contributed by atoms with Crippen molar-refractivity contribution in [2.45, 2.75) is 37.8 Å². The number of halogens is 2. The number of ether oxygens (including phenoxy) is 2. The van der Waals surface area contributed by atoms with Crippen molar-refractivity contribution >= 4 is 23.5 Å². The number of hydrogen-bond acceptors (Lipinski definition) is 4. The molecule has 1 aromatic carbocycles. The fourth-order valence-electron chi connectivity index (χ4n) is 2.58. The summed E-state index contributed by atoms with van der Waals surface area (Å²) in [6.45, 7) is 2.28. The maximum atomic E-state index is 13.0. The van der Waals surface area contributed by atoms with Crippen LogP contribution in [-0.4, -0.2) is 41.8 Å². The molecule has 2 rings (SSSR count). The van der Waals surface area contributed by atoms with Crippen LogP contribution in [0.3, 0.4) is 0 Å². The van der Waals surface area contributed by atoms with Crippen LogP contribution in [-0.2, 0) is 14.3 Å². The van der Waals surface area contributed by atoms with E-state index < -0.39 is 29.3 Å². The lowest BCUT2D eigenvalue weighted by atomic mass is 9.86. The lowest BCUT2D eigenvalue weighted by Crippen LogP contribution is -2.56. The van der Waals surface area contributed by atoms with Crippen LogP contribution in [0.25, 0.3) is 0 Å². The molecular formula is C16H19ClFNO5. The van der Waals surface area contributed by atoms with Crippen LogP contribution in [0.1, 0.15) is 26.2 Å². The van der Waals surface area contributed by atoms with Gasteiger partial charge in [-0.3, -0.25) is 9.59 Å². The minimum absolute atomic E-state index is 0.0564. The summed E-state index contributed by atoms with van der Waals surface area (Å²) in [5, 5.41) is 11.9. The number of rotatable bonds is 6. The van der Waals surface area contributed by atoms with Crippen molar-refractivity contribution in [1.82, 2.24) is 5.32 Å². The van der Waals surface area contributed by atoms with Gasteiger partial charge >= 0.3 is 5.97 Å². The highest BCUT2D eigenvalue weighted by molar-refractivity contribution is 6.32. The fraction of sp³-hybridized carbons (Fsp3) is 0.500. The number of carboxylic acid groups (broad SMARTS) is 1. The first kappa shape index (κ1) is 18.5. The van der Waals surface area contributed by atoms with Gasteiger partial charge in [0.15, 0.2) is 6.10 Å². The topological polar surface area (TPSA) is 84.9 Å². The van der Waals surface area contributed by atoms with Crippen LogP contribution < -0.4 is 10.1 Å². The van der Waals surface area contributed by atoms with E-state index in [9.17, 15) is 14.0 Å². The van der Waals surface area contributed by atoms with Gasteiger partial charge in [-0.25, -0.2) is 4.39 Å². The Labute approximate surface area is 143 Å². The molecule has 1 unspecified atom stereocenters. The van der Waals surface area contributed by atoms with Crippen LogP contribution in [0, 0.1) is 5.82 Å². The third-order valence-corrected chi connectivity index (χ3v) is 4.19. The molecule has 6 nitrogen and oxygen atoms in total. The van der Waals surface area contributed by atoms with Crippen molar-refractivity contribution in [2.24, 2.45) is 0 Å². The maximum Gasteiger partial charge on any atom is 0.305 e. The molecular weight excluding hydrogens is 341 g/mol. The molecule has 0 aromatic heterocycles. The summed E-state index contributed by atoms with van der Waals surface area (Å²) in [7, 11) is 0. The van der Waals surface area contributed by atoms with Gasteiger partial charge in [-0.15, -0.1) is 0 Å². The van der Waals surface area contributed by atoms with Gasteiger partial charge in [-0.05, 0) is 38.0 Å². The van der Waals surface area contributed by atoms with Gasteiger partial charge in [0.25, 0.3) is 5.91 Å². The molecule has 1 saturated heterocycles. The van der Waals surface area contributed by atoms with E-state index in [1.54, 1.807) is 0 Å². The van der Waals surface area contributed by atoms with E-state index in [2.05, 4.69) is 5.32 Å². The Balaban J connectivity index is 2.04. The van der Waals surface area contributed by atoms with Gasteiger partial charge in [-0.1, -0.05) is 11.6 Å². The zero-order valence-corrected chi connectivity index (χ0v) is 13.9. The third kappa shape index (κ3) is 4.82. The standard InChI is InChI=1S/C16H19ClFNO5/c1-10(24-13-3-2-11(18)8-12(13)17)15(22)19-16(9-14(20)21)4-6-23-7-5-16/h2-3,8,10H,4-7,9H2,1H3,(H,19,22)(H,20,21). The van der Waals surface area contributed by atoms with Crippen LogP contribution in [0.4, 0.5) is 4.39 Å². The molecule has 0 spiro atoms. The van der Waals surface area contributed by atoms with E-state index in [4.69, 9.17) is 26.2 Å². The first-order valence-corrected chi connectivity index (χ1v) is 7.92. The smallest absolute Gasteiger partial charge is 0.305 e. The number of nitrogens with one attached hydrogen (secondary N) is 1. The summed E-state index contributed by atoms with van der Waals surface area (Å²) in [6, 6.07) is 3.60. The molecule has 1 fully saturated rings. The Morgan fingerprint density at radius 1 is 1.46 bits per heavy atom. The van der Waals surface area contributed by atoms with Gasteiger partial charge in [0.2, 0.25) is 0 Å². The maximum absolute atomic E-state index is 13.0. The predicted octanol–water partition coefficient (Wildman–Crippen LogP) is 2.39. The Bertz CT molecular complexity index is 618. The van der Waals surface area contributed by atoms with Crippen molar-refractivity contribution in [3.63, 3.8) is 0 Å². The number of amides is 1. The molecule has 1 heterocycles. The SMILES string of the molecule is CC(Oc1ccc(F)cc1Cl)C(=O)NC1(CC(=O)O)CCOCC1. The van der Waals surface area contributed by atoms with Crippen molar-refractivity contribution in [3.05, 3.63) is 29.0 Å². The monoisotopic (exact) mass is 359 g/mol. The van der Waals surface area contributed by atoms with E-state index in [-0.39, 0.29) is 17.2 Å². The zero-order valence-electron chi connectivity index (χ0n) is 13.2. The fourth-order valence-corrected chi connectivity index (χ4v) is 2.79. The van der Waals surface area contributed by atoms with E-state index in [0.29, 0.717) is 26.1 Å². The quantitative estimate of drug-likeness (QED) is 0.814. The minimum Gasteiger partial charge on any atom is -0.481 e. The highest BCUT2D eigenvalue weighted by Crippen LogP contribution is 2.27. The Kier molecular flexibility index (Phi) is 6.01. The van der Waals surface area contributed by atoms with E-state index in [0.717, 1.165) is 6.07 Å². The normalized spacial score (nSPS) is 17.8. The van der Waals surface area contributed by atoms with Gasteiger partial charge in [-0.2, -0.15) is 0 Å². The number of carbonyl (C=O) groups is 2. The third-order valence-electron chi connectivity index (χ3n) is 3.89. The van der Waals surface area contributed by atoms with Gasteiger partial charge in [0.1, 0.15) is 11.6 Å². The number of carbonyl (C=O) groups excluding carboxylic acids is 1. The number of hydrogen-bond donors (Lipinski definition) is 2. The average Bonchev–Trinajstić information content (AvgIpc) is 2.49. The molecule has 0 radical (unpaired) electrons. The summed E-state index contributed by atoms with van der Waals surface area (Å²) in [5.74, 6) is -1.78. The number of aliphatic carboxylic acids is 1. The minimum atomic E-state index is -0.993. The van der Waals surface area contributed by atoms with Crippen LogP contribution in [0.15, 0.2) is 18.2 Å². The zero-order chi connectivity index (χ0) is 17.7. The van der Waals surface area contributed by atoms with Crippen LogP contribution in [0.2, 0.25) is 5.02 Å².